The minimum absolute atomic E-state index is 0.109. The van der Waals surface area contributed by atoms with Crippen molar-refractivity contribution in [2.75, 3.05) is 13.7 Å². The third kappa shape index (κ3) is 2.71. The van der Waals surface area contributed by atoms with E-state index in [1.54, 1.807) is 24.4 Å². The second-order valence-corrected chi connectivity index (χ2v) is 5.98. The van der Waals surface area contributed by atoms with Gasteiger partial charge < -0.3 is 15.0 Å². The minimum atomic E-state index is -0.790. The highest BCUT2D eigenvalue weighted by atomic mass is 19.1. The number of ether oxygens (including phenoxy) is 1. The maximum atomic E-state index is 14.0. The number of hydrogen-bond acceptors (Lipinski definition) is 3. The van der Waals surface area contributed by atoms with Crippen LogP contribution in [0.25, 0.3) is 22.5 Å². The minimum Gasteiger partial charge on any atom is -0.491 e. The van der Waals surface area contributed by atoms with Gasteiger partial charge in [-0.25, -0.2) is 8.78 Å². The fraction of sp³-hybridized carbons (Fsp3) is 0.158. The molecule has 5 nitrogen and oxygen atoms in total. The summed E-state index contributed by atoms with van der Waals surface area (Å²) >= 11 is 0. The molecule has 3 aromatic rings. The topological polar surface area (TPSA) is 67.0 Å². The standard InChI is InChI=1S/C19H15F2N3O2/c1-26-18-13(20)6-11(7-14(18)21)16-8-10(2-4-22-16)17-9-12-15(24-17)3-5-23-19(12)25/h2,4,6-9,24H,3,5H2,1H3,(H,23,25). The van der Waals surface area contributed by atoms with Gasteiger partial charge in [0.05, 0.1) is 18.4 Å². The number of halogens is 2. The molecule has 0 saturated carbocycles. The first kappa shape index (κ1) is 16.3. The maximum Gasteiger partial charge on any atom is 0.253 e. The van der Waals surface area contributed by atoms with Crippen LogP contribution in [0.15, 0.2) is 36.5 Å². The van der Waals surface area contributed by atoms with E-state index in [0.29, 0.717) is 23.4 Å². The van der Waals surface area contributed by atoms with Crippen molar-refractivity contribution in [3.05, 3.63) is 59.4 Å². The van der Waals surface area contributed by atoms with E-state index in [1.807, 2.05) is 0 Å². The van der Waals surface area contributed by atoms with Crippen molar-refractivity contribution in [1.29, 1.82) is 0 Å². The first-order valence-corrected chi connectivity index (χ1v) is 8.06. The lowest BCUT2D eigenvalue weighted by atomic mass is 10.1. The highest BCUT2D eigenvalue weighted by Gasteiger charge is 2.20. The maximum absolute atomic E-state index is 14.0. The van der Waals surface area contributed by atoms with Crippen molar-refractivity contribution < 1.29 is 18.3 Å². The van der Waals surface area contributed by atoms with Crippen LogP contribution in [0, 0.1) is 11.6 Å². The number of fused-ring (bicyclic) bond motifs is 1. The summed E-state index contributed by atoms with van der Waals surface area (Å²) in [5, 5.41) is 2.80. The zero-order valence-electron chi connectivity index (χ0n) is 13.9. The summed E-state index contributed by atoms with van der Waals surface area (Å²) in [7, 11) is 1.21. The Morgan fingerprint density at radius 2 is 1.88 bits per heavy atom. The van der Waals surface area contributed by atoms with Crippen molar-refractivity contribution in [3.63, 3.8) is 0 Å². The van der Waals surface area contributed by atoms with Crippen molar-refractivity contribution in [3.8, 4) is 28.3 Å². The molecule has 3 heterocycles. The van der Waals surface area contributed by atoms with Crippen LogP contribution in [-0.2, 0) is 6.42 Å². The van der Waals surface area contributed by atoms with Crippen LogP contribution in [0.4, 0.5) is 8.78 Å². The molecule has 1 aromatic carbocycles. The molecule has 2 N–H and O–H groups in total. The average Bonchev–Trinajstić information content (AvgIpc) is 3.07. The summed E-state index contributed by atoms with van der Waals surface area (Å²) in [6, 6.07) is 7.63. The van der Waals surface area contributed by atoms with Crippen LogP contribution in [0.2, 0.25) is 0 Å². The summed E-state index contributed by atoms with van der Waals surface area (Å²) in [4.78, 5) is 19.4. The average molecular weight is 355 g/mol. The summed E-state index contributed by atoms with van der Waals surface area (Å²) in [5.41, 5.74) is 3.74. The van der Waals surface area contributed by atoms with Crippen LogP contribution in [0.1, 0.15) is 16.1 Å². The number of aromatic amines is 1. The molecular weight excluding hydrogens is 340 g/mol. The Kier molecular flexibility index (Phi) is 3.91. The predicted octanol–water partition coefficient (Wildman–Crippen LogP) is 3.32. The Balaban J connectivity index is 1.75. The molecule has 0 aliphatic carbocycles. The Bertz CT molecular complexity index is 991. The predicted molar refractivity (Wildman–Crippen MR) is 92.0 cm³/mol. The lowest BCUT2D eigenvalue weighted by molar-refractivity contribution is 0.0946. The molecule has 2 aromatic heterocycles. The molecule has 1 amide bonds. The second-order valence-electron chi connectivity index (χ2n) is 5.98. The number of carbonyl (C=O) groups excluding carboxylic acids is 1. The molecule has 26 heavy (non-hydrogen) atoms. The van der Waals surface area contributed by atoms with Gasteiger partial charge in [-0.1, -0.05) is 0 Å². The molecule has 1 aliphatic heterocycles. The van der Waals surface area contributed by atoms with Crippen molar-refractivity contribution in [2.24, 2.45) is 0 Å². The van der Waals surface area contributed by atoms with Crippen LogP contribution in [0.5, 0.6) is 5.75 Å². The zero-order chi connectivity index (χ0) is 18.3. The second kappa shape index (κ2) is 6.25. The third-order valence-corrected chi connectivity index (χ3v) is 4.37. The quantitative estimate of drug-likeness (QED) is 0.757. The van der Waals surface area contributed by atoms with Crippen molar-refractivity contribution in [1.82, 2.24) is 15.3 Å². The summed E-state index contributed by atoms with van der Waals surface area (Å²) < 4.78 is 32.7. The fourth-order valence-corrected chi connectivity index (χ4v) is 3.11. The smallest absolute Gasteiger partial charge is 0.253 e. The summed E-state index contributed by atoms with van der Waals surface area (Å²) in [6.45, 7) is 0.595. The van der Waals surface area contributed by atoms with E-state index in [9.17, 15) is 13.6 Å². The van der Waals surface area contributed by atoms with E-state index in [1.165, 1.54) is 19.2 Å². The number of nitrogens with one attached hydrogen (secondary N) is 2. The number of rotatable bonds is 3. The first-order chi connectivity index (χ1) is 12.6. The fourth-order valence-electron chi connectivity index (χ4n) is 3.11. The lowest BCUT2D eigenvalue weighted by Crippen LogP contribution is -2.31. The number of aromatic nitrogens is 2. The van der Waals surface area contributed by atoms with E-state index in [4.69, 9.17) is 4.74 Å². The number of benzene rings is 1. The van der Waals surface area contributed by atoms with Gasteiger partial charge in [0, 0.05) is 41.7 Å². The molecule has 132 valence electrons. The molecule has 0 unspecified atom stereocenters. The molecule has 7 heteroatoms. The van der Waals surface area contributed by atoms with Crippen LogP contribution in [0.3, 0.4) is 0 Å². The Labute approximate surface area is 148 Å². The van der Waals surface area contributed by atoms with Crippen LogP contribution < -0.4 is 10.1 Å². The number of nitrogens with zero attached hydrogens (tertiary/aromatic N) is 1. The van der Waals surface area contributed by atoms with Crippen LogP contribution >= 0.6 is 0 Å². The lowest BCUT2D eigenvalue weighted by Gasteiger charge is -2.11. The Hall–Kier alpha value is -3.22. The van der Waals surface area contributed by atoms with Gasteiger partial charge in [0.15, 0.2) is 17.4 Å². The van der Waals surface area contributed by atoms with E-state index >= 15 is 0 Å². The van der Waals surface area contributed by atoms with E-state index < -0.39 is 17.4 Å². The number of amides is 1. The zero-order valence-corrected chi connectivity index (χ0v) is 13.9. The molecule has 0 atom stereocenters. The van der Waals surface area contributed by atoms with Crippen molar-refractivity contribution in [2.45, 2.75) is 6.42 Å². The van der Waals surface area contributed by atoms with E-state index in [2.05, 4.69) is 15.3 Å². The Morgan fingerprint density at radius 1 is 1.12 bits per heavy atom. The SMILES string of the molecule is COc1c(F)cc(-c2cc(-c3cc4c([nH]3)CCNC4=O)ccn2)cc1F. The van der Waals surface area contributed by atoms with E-state index in [0.717, 1.165) is 23.4 Å². The van der Waals surface area contributed by atoms with Gasteiger partial charge in [0.2, 0.25) is 0 Å². The highest BCUT2D eigenvalue weighted by molar-refractivity contribution is 5.97. The Morgan fingerprint density at radius 3 is 2.58 bits per heavy atom. The molecule has 4 rings (SSSR count). The third-order valence-electron chi connectivity index (χ3n) is 4.37. The van der Waals surface area contributed by atoms with Gasteiger partial charge in [-0.15, -0.1) is 0 Å². The molecule has 0 spiro atoms. The molecule has 0 saturated heterocycles. The molecule has 0 radical (unpaired) electrons. The number of hydrogen-bond donors (Lipinski definition) is 2. The molecular formula is C19H15F2N3O2. The summed E-state index contributed by atoms with van der Waals surface area (Å²) in [6.07, 6.45) is 2.29. The number of carbonyl (C=O) groups is 1. The largest absolute Gasteiger partial charge is 0.491 e. The monoisotopic (exact) mass is 355 g/mol. The molecule has 1 aliphatic rings. The normalized spacial score (nSPS) is 13.3. The van der Waals surface area contributed by atoms with Gasteiger partial charge in [-0.3, -0.25) is 9.78 Å². The van der Waals surface area contributed by atoms with E-state index in [-0.39, 0.29) is 5.91 Å². The molecule has 0 fully saturated rings. The number of methoxy groups -OCH3 is 1. The van der Waals surface area contributed by atoms with Gasteiger partial charge in [-0.2, -0.15) is 0 Å². The first-order valence-electron chi connectivity index (χ1n) is 8.06. The van der Waals surface area contributed by atoms with Gasteiger partial charge in [-0.05, 0) is 30.3 Å². The van der Waals surface area contributed by atoms with Crippen LogP contribution in [-0.4, -0.2) is 29.5 Å². The van der Waals surface area contributed by atoms with Gasteiger partial charge >= 0.3 is 0 Å². The number of pyridine rings is 1. The number of H-pyrrole nitrogens is 1. The van der Waals surface area contributed by atoms with Gasteiger partial charge in [0.1, 0.15) is 0 Å². The van der Waals surface area contributed by atoms with Crippen molar-refractivity contribution >= 4 is 5.91 Å². The summed E-state index contributed by atoms with van der Waals surface area (Å²) in [5.74, 6) is -2.11. The molecule has 0 bridgehead atoms. The highest BCUT2D eigenvalue weighted by Crippen LogP contribution is 2.30. The van der Waals surface area contributed by atoms with Gasteiger partial charge in [0.25, 0.3) is 5.91 Å².